The smallest absolute Gasteiger partial charge is 0.295 e. The number of hydrogen-bond acceptors (Lipinski definition) is 3. The largest absolute Gasteiger partial charge is 0.319 e. The molecule has 1 amide bonds. The highest BCUT2D eigenvalue weighted by Crippen LogP contribution is 2.17. The lowest BCUT2D eigenvalue weighted by molar-refractivity contribution is 0.101. The van der Waals surface area contributed by atoms with E-state index in [9.17, 15) is 9.18 Å². The van der Waals surface area contributed by atoms with Gasteiger partial charge in [-0.2, -0.15) is 0 Å². The molecule has 3 aromatic rings. The van der Waals surface area contributed by atoms with Gasteiger partial charge in [-0.3, -0.25) is 4.79 Å². The van der Waals surface area contributed by atoms with Crippen LogP contribution >= 0.6 is 0 Å². The molecule has 2 aromatic carbocycles. The van der Waals surface area contributed by atoms with Crippen LogP contribution in [0.25, 0.3) is 5.69 Å². The monoisotopic (exact) mass is 324 g/mol. The fraction of sp³-hybridized carbons (Fsp3) is 0.167. The molecule has 0 bridgehead atoms. The second-order valence-electron chi connectivity index (χ2n) is 5.64. The number of anilines is 1. The van der Waals surface area contributed by atoms with Crippen molar-refractivity contribution < 1.29 is 9.18 Å². The van der Waals surface area contributed by atoms with Gasteiger partial charge in [0.05, 0.1) is 5.69 Å². The highest BCUT2D eigenvalue weighted by Gasteiger charge is 2.16. The molecule has 0 aliphatic carbocycles. The van der Waals surface area contributed by atoms with Crippen LogP contribution < -0.4 is 5.32 Å². The van der Waals surface area contributed by atoms with E-state index in [1.165, 1.54) is 16.8 Å². The molecular formula is C18H17FN4O. The molecule has 0 saturated carbocycles. The quantitative estimate of drug-likeness (QED) is 0.801. The topological polar surface area (TPSA) is 59.8 Å². The van der Waals surface area contributed by atoms with Crippen LogP contribution in [0.1, 0.15) is 27.6 Å². The minimum atomic E-state index is -0.383. The summed E-state index contributed by atoms with van der Waals surface area (Å²) in [6.45, 7) is 5.66. The molecule has 24 heavy (non-hydrogen) atoms. The van der Waals surface area contributed by atoms with Crippen LogP contribution in [0, 0.1) is 26.6 Å². The second-order valence-corrected chi connectivity index (χ2v) is 5.64. The van der Waals surface area contributed by atoms with E-state index in [0.717, 1.165) is 16.8 Å². The summed E-state index contributed by atoms with van der Waals surface area (Å²) in [5.41, 5.74) is 3.46. The summed E-state index contributed by atoms with van der Waals surface area (Å²) in [4.78, 5) is 16.6. The number of rotatable bonds is 3. The minimum absolute atomic E-state index is 0.0665. The molecule has 0 saturated heterocycles. The number of nitrogens with one attached hydrogen (secondary N) is 1. The van der Waals surface area contributed by atoms with Crippen molar-refractivity contribution in [3.05, 3.63) is 71.1 Å². The van der Waals surface area contributed by atoms with E-state index in [1.54, 1.807) is 19.1 Å². The van der Waals surface area contributed by atoms with Crippen molar-refractivity contribution in [2.45, 2.75) is 20.8 Å². The maximum atomic E-state index is 13.0. The Morgan fingerprint density at radius 3 is 2.46 bits per heavy atom. The Morgan fingerprint density at radius 1 is 1.08 bits per heavy atom. The molecule has 0 aliphatic heterocycles. The molecule has 0 spiro atoms. The zero-order valence-electron chi connectivity index (χ0n) is 13.7. The SMILES string of the molecule is Cc1ccc(NC(=O)c2nc(C)n(-c3ccc(F)cc3)n2)c(C)c1. The fourth-order valence-electron chi connectivity index (χ4n) is 2.45. The first-order chi connectivity index (χ1) is 11.4. The van der Waals surface area contributed by atoms with E-state index in [-0.39, 0.29) is 17.5 Å². The van der Waals surface area contributed by atoms with Crippen molar-refractivity contribution in [2.75, 3.05) is 5.32 Å². The number of carbonyl (C=O) groups excluding carboxylic acids is 1. The van der Waals surface area contributed by atoms with Gasteiger partial charge in [-0.05, 0) is 56.7 Å². The van der Waals surface area contributed by atoms with Crippen molar-refractivity contribution >= 4 is 11.6 Å². The van der Waals surface area contributed by atoms with Crippen molar-refractivity contribution in [3.63, 3.8) is 0 Å². The highest BCUT2D eigenvalue weighted by molar-refractivity contribution is 6.02. The number of halogens is 1. The normalized spacial score (nSPS) is 10.7. The van der Waals surface area contributed by atoms with Crippen molar-refractivity contribution in [1.82, 2.24) is 14.8 Å². The Kier molecular flexibility index (Phi) is 4.12. The van der Waals surface area contributed by atoms with Gasteiger partial charge in [-0.25, -0.2) is 14.1 Å². The second kappa shape index (κ2) is 6.23. The van der Waals surface area contributed by atoms with Crippen LogP contribution in [-0.2, 0) is 0 Å². The van der Waals surface area contributed by atoms with Crippen LogP contribution in [0.15, 0.2) is 42.5 Å². The van der Waals surface area contributed by atoms with Gasteiger partial charge in [0.25, 0.3) is 5.91 Å². The van der Waals surface area contributed by atoms with Crippen LogP contribution in [-0.4, -0.2) is 20.7 Å². The van der Waals surface area contributed by atoms with Gasteiger partial charge in [0.2, 0.25) is 5.82 Å². The summed E-state index contributed by atoms with van der Waals surface area (Å²) in [5.74, 6) is -0.0977. The predicted molar refractivity (Wildman–Crippen MR) is 89.9 cm³/mol. The zero-order chi connectivity index (χ0) is 17.3. The summed E-state index contributed by atoms with van der Waals surface area (Å²) in [5, 5.41) is 7.04. The Bertz CT molecular complexity index is 900. The van der Waals surface area contributed by atoms with Crippen LogP contribution in [0.3, 0.4) is 0 Å². The third-order valence-electron chi connectivity index (χ3n) is 3.67. The maximum absolute atomic E-state index is 13.0. The molecule has 0 unspecified atom stereocenters. The molecule has 0 atom stereocenters. The maximum Gasteiger partial charge on any atom is 0.295 e. The number of hydrogen-bond donors (Lipinski definition) is 1. The average molecular weight is 324 g/mol. The number of aromatic nitrogens is 3. The van der Waals surface area contributed by atoms with E-state index in [2.05, 4.69) is 15.4 Å². The number of nitrogens with zero attached hydrogens (tertiary/aromatic N) is 3. The van der Waals surface area contributed by atoms with Crippen molar-refractivity contribution in [2.24, 2.45) is 0 Å². The summed E-state index contributed by atoms with van der Waals surface area (Å²) < 4.78 is 14.5. The van der Waals surface area contributed by atoms with Crippen LogP contribution in [0.4, 0.5) is 10.1 Å². The van der Waals surface area contributed by atoms with E-state index in [0.29, 0.717) is 11.5 Å². The zero-order valence-corrected chi connectivity index (χ0v) is 13.7. The number of carbonyl (C=O) groups is 1. The Morgan fingerprint density at radius 2 is 1.79 bits per heavy atom. The number of aryl methyl sites for hydroxylation is 3. The van der Waals surface area contributed by atoms with Gasteiger partial charge >= 0.3 is 0 Å². The third kappa shape index (κ3) is 3.17. The van der Waals surface area contributed by atoms with E-state index in [4.69, 9.17) is 0 Å². The van der Waals surface area contributed by atoms with Gasteiger partial charge in [-0.15, -0.1) is 5.10 Å². The minimum Gasteiger partial charge on any atom is -0.319 e. The first-order valence-corrected chi connectivity index (χ1v) is 7.52. The average Bonchev–Trinajstić information content (AvgIpc) is 2.93. The molecular weight excluding hydrogens is 307 g/mol. The number of amides is 1. The summed E-state index contributed by atoms with van der Waals surface area (Å²) in [6.07, 6.45) is 0. The first-order valence-electron chi connectivity index (χ1n) is 7.52. The Balaban J connectivity index is 1.86. The molecule has 0 radical (unpaired) electrons. The Labute approximate surface area is 139 Å². The molecule has 1 N–H and O–H groups in total. The number of benzene rings is 2. The third-order valence-corrected chi connectivity index (χ3v) is 3.67. The van der Waals surface area contributed by atoms with Gasteiger partial charge in [0.1, 0.15) is 11.6 Å². The van der Waals surface area contributed by atoms with E-state index >= 15 is 0 Å². The van der Waals surface area contributed by atoms with Gasteiger partial charge < -0.3 is 5.32 Å². The van der Waals surface area contributed by atoms with Gasteiger partial charge in [-0.1, -0.05) is 17.7 Å². The molecule has 1 aromatic heterocycles. The molecule has 122 valence electrons. The van der Waals surface area contributed by atoms with Gasteiger partial charge in [0.15, 0.2) is 0 Å². The molecule has 3 rings (SSSR count). The van der Waals surface area contributed by atoms with Crippen LogP contribution in [0.2, 0.25) is 0 Å². The molecule has 6 heteroatoms. The Hall–Kier alpha value is -3.02. The standard InChI is InChI=1S/C18H17FN4O/c1-11-4-9-16(12(2)10-11)21-18(24)17-20-13(3)23(22-17)15-7-5-14(19)6-8-15/h4-10H,1-3H3,(H,21,24). The van der Waals surface area contributed by atoms with Crippen molar-refractivity contribution in [1.29, 1.82) is 0 Å². The molecule has 1 heterocycles. The van der Waals surface area contributed by atoms with E-state index < -0.39 is 0 Å². The van der Waals surface area contributed by atoms with Crippen molar-refractivity contribution in [3.8, 4) is 5.69 Å². The summed E-state index contributed by atoms with van der Waals surface area (Å²) >= 11 is 0. The van der Waals surface area contributed by atoms with Crippen LogP contribution in [0.5, 0.6) is 0 Å². The first kappa shape index (κ1) is 15.9. The van der Waals surface area contributed by atoms with Gasteiger partial charge in [0, 0.05) is 5.69 Å². The predicted octanol–water partition coefficient (Wildman–Crippen LogP) is 3.58. The lowest BCUT2D eigenvalue weighted by Crippen LogP contribution is -2.15. The molecule has 5 nitrogen and oxygen atoms in total. The highest BCUT2D eigenvalue weighted by atomic mass is 19.1. The lowest BCUT2D eigenvalue weighted by atomic mass is 10.1. The molecule has 0 aliphatic rings. The summed E-state index contributed by atoms with van der Waals surface area (Å²) in [7, 11) is 0. The fourth-order valence-corrected chi connectivity index (χ4v) is 2.45. The summed E-state index contributed by atoms with van der Waals surface area (Å²) in [6, 6.07) is 11.6. The molecule has 0 fully saturated rings. The lowest BCUT2D eigenvalue weighted by Gasteiger charge is -2.07. The van der Waals surface area contributed by atoms with E-state index in [1.807, 2.05) is 32.0 Å².